The van der Waals surface area contributed by atoms with Crippen molar-refractivity contribution >= 4 is 40.0 Å². The number of aromatic nitrogens is 3. The van der Waals surface area contributed by atoms with E-state index in [0.29, 0.717) is 22.4 Å². The molecule has 2 aromatic heterocycles. The molecule has 2 heterocycles. The van der Waals surface area contributed by atoms with Crippen LogP contribution in [0.1, 0.15) is 10.4 Å². The van der Waals surface area contributed by atoms with Gasteiger partial charge in [-0.3, -0.25) is 14.6 Å². The number of pyridine rings is 1. The van der Waals surface area contributed by atoms with Crippen LogP contribution in [-0.4, -0.2) is 33.0 Å². The summed E-state index contributed by atoms with van der Waals surface area (Å²) in [5.41, 5.74) is 0.827. The third-order valence-corrected chi connectivity index (χ3v) is 3.69. The number of hydrogen-bond donors (Lipinski definition) is 3. The summed E-state index contributed by atoms with van der Waals surface area (Å²) < 4.78 is 6.49. The molecule has 3 N–H and O–H groups in total. The Labute approximate surface area is 140 Å². The number of carboxylic acid groups (broad SMARTS) is 1. The number of halogens is 1. The van der Waals surface area contributed by atoms with Crippen LogP contribution >= 0.6 is 11.6 Å². The number of aromatic amines is 1. The van der Waals surface area contributed by atoms with Gasteiger partial charge in [-0.25, -0.2) is 9.78 Å². The number of aryl methyl sites for hydroxylation is 1. The first-order valence-corrected chi connectivity index (χ1v) is 7.22. The Hall–Kier alpha value is -3.00. The van der Waals surface area contributed by atoms with E-state index in [2.05, 4.69) is 15.4 Å². The number of nitrogens with one attached hydrogen (secondary N) is 2. The number of fused-ring (bicyclic) bond motifs is 1. The molecule has 0 fully saturated rings. The van der Waals surface area contributed by atoms with Gasteiger partial charge in [-0.2, -0.15) is 0 Å². The fourth-order valence-electron chi connectivity index (χ4n) is 2.46. The molecule has 0 saturated carbocycles. The fourth-order valence-corrected chi connectivity index (χ4v) is 2.65. The van der Waals surface area contributed by atoms with E-state index in [1.165, 1.54) is 23.9 Å². The van der Waals surface area contributed by atoms with E-state index in [9.17, 15) is 14.7 Å². The fraction of sp³-hybridized carbons (Fsp3) is 0.133. The molecular weight excluding hydrogens is 336 g/mol. The number of carbonyl (C=O) groups is 1. The molecule has 0 amide bonds. The van der Waals surface area contributed by atoms with Crippen molar-refractivity contribution < 1.29 is 14.6 Å². The number of ether oxygens (including phenoxy) is 1. The molecule has 124 valence electrons. The zero-order valence-corrected chi connectivity index (χ0v) is 13.5. The SMILES string of the molecule is COc1c(Nc2cc(Cl)nc3[nH]n(C)c(=O)c23)cccc1C(=O)O. The van der Waals surface area contributed by atoms with E-state index >= 15 is 0 Å². The first-order chi connectivity index (χ1) is 11.4. The van der Waals surface area contributed by atoms with E-state index in [-0.39, 0.29) is 22.0 Å². The van der Waals surface area contributed by atoms with Crippen molar-refractivity contribution in [2.45, 2.75) is 0 Å². The summed E-state index contributed by atoms with van der Waals surface area (Å²) >= 11 is 6.00. The highest BCUT2D eigenvalue weighted by Gasteiger charge is 2.18. The standard InChI is InChI=1S/C15H13ClN4O4/c1-20-14(21)11-9(6-10(16)18-13(11)19-20)17-8-5-3-4-7(15(22)23)12(8)24-2/h3-6H,1-2H3,(H,22,23)(H2,17,18,19). The van der Waals surface area contributed by atoms with Gasteiger partial charge in [0, 0.05) is 7.05 Å². The van der Waals surface area contributed by atoms with Crippen molar-refractivity contribution in [2.24, 2.45) is 7.05 Å². The van der Waals surface area contributed by atoms with Crippen LogP contribution in [0.25, 0.3) is 11.0 Å². The largest absolute Gasteiger partial charge is 0.494 e. The summed E-state index contributed by atoms with van der Waals surface area (Å²) in [6.07, 6.45) is 0. The molecule has 0 spiro atoms. The van der Waals surface area contributed by atoms with Gasteiger partial charge >= 0.3 is 5.97 Å². The third-order valence-electron chi connectivity index (χ3n) is 3.50. The average molecular weight is 349 g/mol. The highest BCUT2D eigenvalue weighted by molar-refractivity contribution is 6.30. The van der Waals surface area contributed by atoms with Crippen molar-refractivity contribution in [3.63, 3.8) is 0 Å². The number of H-pyrrole nitrogens is 1. The molecular formula is C15H13ClN4O4. The maximum absolute atomic E-state index is 12.3. The highest BCUT2D eigenvalue weighted by Crippen LogP contribution is 2.33. The van der Waals surface area contributed by atoms with E-state index in [1.54, 1.807) is 19.2 Å². The van der Waals surface area contributed by atoms with Crippen molar-refractivity contribution in [1.82, 2.24) is 14.8 Å². The monoisotopic (exact) mass is 348 g/mol. The minimum atomic E-state index is -1.12. The van der Waals surface area contributed by atoms with Crippen molar-refractivity contribution in [3.05, 3.63) is 45.3 Å². The number of nitrogens with zero attached hydrogens (tertiary/aromatic N) is 2. The quantitative estimate of drug-likeness (QED) is 0.624. The van der Waals surface area contributed by atoms with Crippen LogP contribution in [-0.2, 0) is 7.05 Å². The van der Waals surface area contributed by atoms with Gasteiger partial charge in [0.1, 0.15) is 16.1 Å². The predicted molar refractivity (Wildman–Crippen MR) is 89.6 cm³/mol. The Morgan fingerprint density at radius 1 is 1.42 bits per heavy atom. The maximum atomic E-state index is 12.3. The number of methoxy groups -OCH3 is 1. The molecule has 3 rings (SSSR count). The molecule has 0 atom stereocenters. The molecule has 3 aromatic rings. The maximum Gasteiger partial charge on any atom is 0.339 e. The van der Waals surface area contributed by atoms with Crippen LogP contribution in [0.4, 0.5) is 11.4 Å². The lowest BCUT2D eigenvalue weighted by Crippen LogP contribution is -2.12. The van der Waals surface area contributed by atoms with Crippen molar-refractivity contribution in [1.29, 1.82) is 0 Å². The number of para-hydroxylation sites is 1. The second kappa shape index (κ2) is 5.89. The summed E-state index contributed by atoms with van der Waals surface area (Å²) in [6, 6.07) is 6.13. The van der Waals surface area contributed by atoms with E-state index in [0.717, 1.165) is 0 Å². The molecule has 0 bridgehead atoms. The predicted octanol–water partition coefficient (Wildman–Crippen LogP) is 2.37. The van der Waals surface area contributed by atoms with E-state index in [1.807, 2.05) is 0 Å². The summed E-state index contributed by atoms with van der Waals surface area (Å²) in [6.45, 7) is 0. The van der Waals surface area contributed by atoms with Gasteiger partial charge < -0.3 is 15.2 Å². The van der Waals surface area contributed by atoms with Crippen LogP contribution in [0.3, 0.4) is 0 Å². The topological polar surface area (TPSA) is 109 Å². The average Bonchev–Trinajstić information content (AvgIpc) is 2.81. The van der Waals surface area contributed by atoms with Crippen LogP contribution < -0.4 is 15.6 Å². The molecule has 24 heavy (non-hydrogen) atoms. The van der Waals surface area contributed by atoms with Gasteiger partial charge in [0.25, 0.3) is 5.56 Å². The molecule has 0 aliphatic rings. The highest BCUT2D eigenvalue weighted by atomic mass is 35.5. The van der Waals surface area contributed by atoms with Gasteiger partial charge in [0.15, 0.2) is 11.4 Å². The molecule has 0 saturated heterocycles. The first-order valence-electron chi connectivity index (χ1n) is 6.85. The molecule has 9 heteroatoms. The van der Waals surface area contributed by atoms with Gasteiger partial charge in [-0.1, -0.05) is 17.7 Å². The zero-order valence-electron chi connectivity index (χ0n) is 12.8. The van der Waals surface area contributed by atoms with Crippen molar-refractivity contribution in [3.8, 4) is 5.75 Å². The molecule has 8 nitrogen and oxygen atoms in total. The van der Waals surface area contributed by atoms with Crippen LogP contribution in [0.15, 0.2) is 29.1 Å². The second-order valence-corrected chi connectivity index (χ2v) is 5.40. The number of carboxylic acids is 1. The van der Waals surface area contributed by atoms with Gasteiger partial charge in [0.2, 0.25) is 0 Å². The summed E-state index contributed by atoms with van der Waals surface area (Å²) in [5.74, 6) is -0.968. The molecule has 0 unspecified atom stereocenters. The third kappa shape index (κ3) is 2.56. The molecule has 1 aromatic carbocycles. The Bertz CT molecular complexity index is 1010. The van der Waals surface area contributed by atoms with E-state index < -0.39 is 5.97 Å². The molecule has 0 aliphatic heterocycles. The number of hydrogen-bond acceptors (Lipinski definition) is 5. The van der Waals surface area contributed by atoms with Gasteiger partial charge in [0.05, 0.1) is 18.5 Å². The summed E-state index contributed by atoms with van der Waals surface area (Å²) in [4.78, 5) is 27.6. The Balaban J connectivity index is 2.19. The van der Waals surface area contributed by atoms with Gasteiger partial charge in [-0.05, 0) is 18.2 Å². The number of aromatic carboxylic acids is 1. The molecule has 0 radical (unpaired) electrons. The summed E-state index contributed by atoms with van der Waals surface area (Å²) in [5, 5.41) is 15.5. The zero-order chi connectivity index (χ0) is 17.4. The lowest BCUT2D eigenvalue weighted by Gasteiger charge is -2.13. The van der Waals surface area contributed by atoms with E-state index in [4.69, 9.17) is 16.3 Å². The van der Waals surface area contributed by atoms with Crippen LogP contribution in [0, 0.1) is 0 Å². The lowest BCUT2D eigenvalue weighted by atomic mass is 10.1. The lowest BCUT2D eigenvalue weighted by molar-refractivity contribution is 0.0693. The minimum Gasteiger partial charge on any atom is -0.494 e. The van der Waals surface area contributed by atoms with Crippen molar-refractivity contribution in [2.75, 3.05) is 12.4 Å². The van der Waals surface area contributed by atoms with Gasteiger partial charge in [-0.15, -0.1) is 0 Å². The minimum absolute atomic E-state index is 0.000804. The Morgan fingerprint density at radius 2 is 2.17 bits per heavy atom. The number of benzene rings is 1. The Morgan fingerprint density at radius 3 is 2.83 bits per heavy atom. The first kappa shape index (κ1) is 15.9. The second-order valence-electron chi connectivity index (χ2n) is 5.01. The molecule has 0 aliphatic carbocycles. The smallest absolute Gasteiger partial charge is 0.339 e. The Kier molecular flexibility index (Phi) is 3.90. The number of rotatable bonds is 4. The summed E-state index contributed by atoms with van der Waals surface area (Å²) in [7, 11) is 2.94. The normalized spacial score (nSPS) is 10.8. The van der Waals surface area contributed by atoms with Crippen LogP contribution in [0.5, 0.6) is 5.75 Å². The van der Waals surface area contributed by atoms with Crippen LogP contribution in [0.2, 0.25) is 5.15 Å². The number of anilines is 2.